The average molecular weight is 429 g/mol. The Hall–Kier alpha value is 0.310. The molecule has 0 aromatic rings. The molecule has 0 amide bonds. The first-order chi connectivity index (χ1) is 9.12. The summed E-state index contributed by atoms with van der Waals surface area (Å²) in [6.07, 6.45) is 3.14. The molecule has 1 aliphatic carbocycles. The number of methoxy groups -OCH3 is 1. The van der Waals surface area contributed by atoms with Gasteiger partial charge in [0.15, 0.2) is 5.96 Å². The van der Waals surface area contributed by atoms with Crippen molar-refractivity contribution < 1.29 is 4.74 Å². The van der Waals surface area contributed by atoms with Gasteiger partial charge in [0, 0.05) is 36.9 Å². The van der Waals surface area contributed by atoms with Crippen LogP contribution in [0.15, 0.2) is 4.99 Å². The molecule has 6 heteroatoms. The van der Waals surface area contributed by atoms with Crippen LogP contribution in [0.2, 0.25) is 0 Å². The lowest BCUT2D eigenvalue weighted by Gasteiger charge is -2.59. The summed E-state index contributed by atoms with van der Waals surface area (Å²) in [7, 11) is 3.62. The number of nitrogens with one attached hydrogen (secondary N) is 2. The van der Waals surface area contributed by atoms with Crippen LogP contribution in [0.1, 0.15) is 41.0 Å². The summed E-state index contributed by atoms with van der Waals surface area (Å²) in [6, 6.07) is 0.385. The molecular formula is C15H32IN3OS. The summed E-state index contributed by atoms with van der Waals surface area (Å²) in [5.74, 6) is 0.878. The van der Waals surface area contributed by atoms with Crippen molar-refractivity contribution in [3.05, 3.63) is 0 Å². The van der Waals surface area contributed by atoms with E-state index in [1.165, 1.54) is 0 Å². The van der Waals surface area contributed by atoms with Crippen LogP contribution in [0.4, 0.5) is 0 Å². The lowest BCUT2D eigenvalue weighted by atomic mass is 9.56. The Morgan fingerprint density at radius 3 is 2.33 bits per heavy atom. The fourth-order valence-electron chi connectivity index (χ4n) is 2.45. The van der Waals surface area contributed by atoms with E-state index in [-0.39, 0.29) is 39.7 Å². The van der Waals surface area contributed by atoms with Crippen LogP contribution < -0.4 is 10.6 Å². The second kappa shape index (κ2) is 7.73. The van der Waals surface area contributed by atoms with Crippen molar-refractivity contribution in [3.8, 4) is 0 Å². The zero-order chi connectivity index (χ0) is 15.6. The average Bonchev–Trinajstić information content (AvgIpc) is 2.41. The van der Waals surface area contributed by atoms with Gasteiger partial charge in [0.1, 0.15) is 0 Å². The molecule has 0 aliphatic heterocycles. The molecule has 1 rings (SSSR count). The Kier molecular flexibility index (Phi) is 7.84. The van der Waals surface area contributed by atoms with Gasteiger partial charge >= 0.3 is 0 Å². The normalized spacial score (nSPS) is 28.4. The molecule has 0 spiro atoms. The first kappa shape index (κ1) is 21.3. The van der Waals surface area contributed by atoms with E-state index in [1.807, 2.05) is 18.8 Å². The number of aliphatic imine (C=N–C) groups is 1. The maximum atomic E-state index is 5.66. The van der Waals surface area contributed by atoms with Gasteiger partial charge in [-0.2, -0.15) is 11.8 Å². The van der Waals surface area contributed by atoms with Gasteiger partial charge in [0.05, 0.1) is 5.60 Å². The second-order valence-corrected chi connectivity index (χ2v) is 8.46. The standard InChI is InChI=1S/C15H31N3OS.HI/c1-13(2,20-8)10-17-12(16-6)18-11-9-15(5,19-7)14(11,3)4;/h11H,9-10H2,1-8H3,(H2,16,17,18);1H. The second-order valence-electron chi connectivity index (χ2n) is 6.95. The molecule has 4 nitrogen and oxygen atoms in total. The maximum absolute atomic E-state index is 5.66. The summed E-state index contributed by atoms with van der Waals surface area (Å²) in [5.41, 5.74) is 0.0381. The smallest absolute Gasteiger partial charge is 0.191 e. The molecular weight excluding hydrogens is 397 g/mol. The largest absolute Gasteiger partial charge is 0.378 e. The van der Waals surface area contributed by atoms with Crippen molar-refractivity contribution in [1.82, 2.24) is 10.6 Å². The van der Waals surface area contributed by atoms with Crippen LogP contribution in [0, 0.1) is 5.41 Å². The van der Waals surface area contributed by atoms with Crippen molar-refractivity contribution in [2.24, 2.45) is 10.4 Å². The summed E-state index contributed by atoms with van der Waals surface area (Å²) in [5, 5.41) is 6.95. The molecule has 2 atom stereocenters. The van der Waals surface area contributed by atoms with Crippen molar-refractivity contribution in [2.75, 3.05) is 27.0 Å². The van der Waals surface area contributed by atoms with Crippen molar-refractivity contribution in [2.45, 2.75) is 57.4 Å². The SMILES string of the molecule is CN=C(NCC(C)(C)SC)NC1CC(C)(OC)C1(C)C.I. The molecule has 0 aromatic carbocycles. The third-order valence-electron chi connectivity index (χ3n) is 5.05. The zero-order valence-corrected chi connectivity index (χ0v) is 17.8. The van der Waals surface area contributed by atoms with E-state index in [2.05, 4.69) is 56.5 Å². The highest BCUT2D eigenvalue weighted by Gasteiger charge is 2.58. The number of ether oxygens (including phenoxy) is 1. The zero-order valence-electron chi connectivity index (χ0n) is 14.7. The topological polar surface area (TPSA) is 45.7 Å². The molecule has 0 heterocycles. The molecule has 21 heavy (non-hydrogen) atoms. The van der Waals surface area contributed by atoms with E-state index < -0.39 is 0 Å². The maximum Gasteiger partial charge on any atom is 0.191 e. The summed E-state index contributed by atoms with van der Waals surface area (Å²) < 4.78 is 5.86. The summed E-state index contributed by atoms with van der Waals surface area (Å²) in [6.45, 7) is 12.0. The third-order valence-corrected chi connectivity index (χ3v) is 6.30. The number of guanidine groups is 1. The van der Waals surface area contributed by atoms with Gasteiger partial charge < -0.3 is 15.4 Å². The van der Waals surface area contributed by atoms with E-state index >= 15 is 0 Å². The summed E-state index contributed by atoms with van der Waals surface area (Å²) >= 11 is 1.86. The van der Waals surface area contributed by atoms with Crippen LogP contribution >= 0.6 is 35.7 Å². The third kappa shape index (κ3) is 4.64. The molecule has 2 N–H and O–H groups in total. The number of thioether (sulfide) groups is 1. The van der Waals surface area contributed by atoms with Crippen LogP contribution in [0.3, 0.4) is 0 Å². The van der Waals surface area contributed by atoms with E-state index in [1.54, 1.807) is 7.11 Å². The Balaban J connectivity index is 0.00000400. The molecule has 0 bridgehead atoms. The fraction of sp³-hybridized carbons (Fsp3) is 0.933. The predicted octanol–water partition coefficient (Wildman–Crippen LogP) is 3.11. The number of hydrogen-bond donors (Lipinski definition) is 2. The lowest BCUT2D eigenvalue weighted by molar-refractivity contribution is -0.176. The first-order valence-electron chi connectivity index (χ1n) is 7.19. The van der Waals surface area contributed by atoms with Crippen LogP contribution in [-0.2, 0) is 4.74 Å². The number of nitrogens with zero attached hydrogens (tertiary/aromatic N) is 1. The fourth-order valence-corrected chi connectivity index (χ4v) is 2.67. The Morgan fingerprint density at radius 1 is 1.38 bits per heavy atom. The van der Waals surface area contributed by atoms with E-state index in [0.29, 0.717) is 6.04 Å². The van der Waals surface area contributed by atoms with Crippen molar-refractivity contribution >= 4 is 41.7 Å². The van der Waals surface area contributed by atoms with Gasteiger partial charge in [0.25, 0.3) is 0 Å². The molecule has 0 saturated heterocycles. The minimum atomic E-state index is -0.0535. The van der Waals surface area contributed by atoms with E-state index in [4.69, 9.17) is 4.74 Å². The molecule has 0 radical (unpaired) electrons. The molecule has 2 unspecified atom stereocenters. The molecule has 126 valence electrons. The molecule has 0 aromatic heterocycles. The minimum Gasteiger partial charge on any atom is -0.378 e. The van der Waals surface area contributed by atoms with E-state index in [9.17, 15) is 0 Å². The first-order valence-corrected chi connectivity index (χ1v) is 8.42. The number of hydrogen-bond acceptors (Lipinski definition) is 3. The van der Waals surface area contributed by atoms with Gasteiger partial charge in [-0.1, -0.05) is 13.8 Å². The van der Waals surface area contributed by atoms with Crippen LogP contribution in [0.25, 0.3) is 0 Å². The van der Waals surface area contributed by atoms with Gasteiger partial charge in [-0.25, -0.2) is 0 Å². The van der Waals surface area contributed by atoms with Crippen molar-refractivity contribution in [1.29, 1.82) is 0 Å². The van der Waals surface area contributed by atoms with Gasteiger partial charge in [0.2, 0.25) is 0 Å². The number of rotatable bonds is 5. The quantitative estimate of drug-likeness (QED) is 0.401. The minimum absolute atomic E-state index is 0. The predicted molar refractivity (Wildman–Crippen MR) is 105 cm³/mol. The Bertz CT molecular complexity index is 374. The van der Waals surface area contributed by atoms with Crippen LogP contribution in [0.5, 0.6) is 0 Å². The monoisotopic (exact) mass is 429 g/mol. The highest BCUT2D eigenvalue weighted by Crippen LogP contribution is 2.51. The molecule has 1 saturated carbocycles. The molecule has 1 fully saturated rings. The lowest BCUT2D eigenvalue weighted by Crippen LogP contribution is -2.69. The van der Waals surface area contributed by atoms with Gasteiger partial charge in [-0.15, -0.1) is 24.0 Å². The van der Waals surface area contributed by atoms with Gasteiger partial charge in [-0.3, -0.25) is 4.99 Å². The number of halogens is 1. The summed E-state index contributed by atoms with van der Waals surface area (Å²) in [4.78, 5) is 4.33. The van der Waals surface area contributed by atoms with Crippen LogP contribution in [-0.4, -0.2) is 49.3 Å². The van der Waals surface area contributed by atoms with Crippen molar-refractivity contribution in [3.63, 3.8) is 0 Å². The van der Waals surface area contributed by atoms with E-state index in [0.717, 1.165) is 18.9 Å². The molecule has 1 aliphatic rings. The Labute approximate surface area is 151 Å². The Morgan fingerprint density at radius 2 is 1.95 bits per heavy atom. The highest BCUT2D eigenvalue weighted by atomic mass is 127. The highest BCUT2D eigenvalue weighted by molar-refractivity contribution is 14.0. The van der Waals surface area contributed by atoms with Gasteiger partial charge in [-0.05, 0) is 33.4 Å².